The zero-order valence-corrected chi connectivity index (χ0v) is 8.93. The molecule has 0 saturated heterocycles. The highest BCUT2D eigenvalue weighted by atomic mass is 16.5. The Labute approximate surface area is 92.9 Å². The highest BCUT2D eigenvalue weighted by Crippen LogP contribution is 2.17. The first kappa shape index (κ1) is 10.4. The molecule has 16 heavy (non-hydrogen) atoms. The largest absolute Gasteiger partial charge is 0.494 e. The van der Waals surface area contributed by atoms with Crippen LogP contribution in [0.25, 0.3) is 11.3 Å². The highest BCUT2D eigenvalue weighted by molar-refractivity contribution is 5.58. The van der Waals surface area contributed by atoms with Crippen molar-refractivity contribution in [1.82, 2.24) is 9.97 Å². The van der Waals surface area contributed by atoms with Crippen LogP contribution >= 0.6 is 0 Å². The number of ether oxygens (including phenoxy) is 1. The molecule has 0 unspecified atom stereocenters. The molecule has 0 amide bonds. The van der Waals surface area contributed by atoms with Crippen LogP contribution in [0.1, 0.15) is 6.92 Å². The SMILES string of the molecule is CCOc1ccc(-c2ncc[nH]c2=O)cc1. The smallest absolute Gasteiger partial charge is 0.274 e. The Morgan fingerprint density at radius 3 is 2.69 bits per heavy atom. The maximum absolute atomic E-state index is 11.5. The summed E-state index contributed by atoms with van der Waals surface area (Å²) < 4.78 is 5.32. The average molecular weight is 216 g/mol. The fourth-order valence-electron chi connectivity index (χ4n) is 1.43. The topological polar surface area (TPSA) is 55.0 Å². The Hall–Kier alpha value is -2.10. The number of H-pyrrole nitrogens is 1. The third-order valence-electron chi connectivity index (χ3n) is 2.15. The fourth-order valence-corrected chi connectivity index (χ4v) is 1.43. The first-order valence-corrected chi connectivity index (χ1v) is 5.08. The number of hydrogen-bond acceptors (Lipinski definition) is 3. The van der Waals surface area contributed by atoms with Crippen LogP contribution in [0.5, 0.6) is 5.75 Å². The van der Waals surface area contributed by atoms with E-state index >= 15 is 0 Å². The van der Waals surface area contributed by atoms with Crippen LogP contribution in [0, 0.1) is 0 Å². The van der Waals surface area contributed by atoms with E-state index in [2.05, 4.69) is 9.97 Å². The van der Waals surface area contributed by atoms with E-state index in [0.29, 0.717) is 12.3 Å². The summed E-state index contributed by atoms with van der Waals surface area (Å²) in [7, 11) is 0. The van der Waals surface area contributed by atoms with Crippen molar-refractivity contribution in [2.24, 2.45) is 0 Å². The van der Waals surface area contributed by atoms with Gasteiger partial charge in [0.15, 0.2) is 0 Å². The second-order valence-corrected chi connectivity index (χ2v) is 3.22. The number of benzene rings is 1. The first-order valence-electron chi connectivity index (χ1n) is 5.08. The predicted octanol–water partition coefficient (Wildman–Crippen LogP) is 1.84. The molecule has 4 heteroatoms. The van der Waals surface area contributed by atoms with Gasteiger partial charge in [-0.15, -0.1) is 0 Å². The summed E-state index contributed by atoms with van der Waals surface area (Å²) in [5, 5.41) is 0. The van der Waals surface area contributed by atoms with E-state index in [1.165, 1.54) is 6.20 Å². The minimum Gasteiger partial charge on any atom is -0.494 e. The number of nitrogens with one attached hydrogen (secondary N) is 1. The summed E-state index contributed by atoms with van der Waals surface area (Å²) in [5.41, 5.74) is 1.02. The van der Waals surface area contributed by atoms with Crippen molar-refractivity contribution in [1.29, 1.82) is 0 Å². The van der Waals surface area contributed by atoms with E-state index in [0.717, 1.165) is 11.3 Å². The molecule has 0 bridgehead atoms. The fraction of sp³-hybridized carbons (Fsp3) is 0.167. The predicted molar refractivity (Wildman–Crippen MR) is 61.5 cm³/mol. The van der Waals surface area contributed by atoms with Gasteiger partial charge in [-0.05, 0) is 31.2 Å². The van der Waals surface area contributed by atoms with Gasteiger partial charge in [0.25, 0.3) is 5.56 Å². The maximum atomic E-state index is 11.5. The highest BCUT2D eigenvalue weighted by Gasteiger charge is 2.03. The lowest BCUT2D eigenvalue weighted by Gasteiger charge is -2.03. The summed E-state index contributed by atoms with van der Waals surface area (Å²) in [4.78, 5) is 18.1. The van der Waals surface area contributed by atoms with E-state index in [9.17, 15) is 4.79 Å². The molecule has 0 spiro atoms. The Morgan fingerprint density at radius 1 is 1.31 bits per heavy atom. The van der Waals surface area contributed by atoms with Crippen LogP contribution in [0.2, 0.25) is 0 Å². The summed E-state index contributed by atoms with van der Waals surface area (Å²) in [6.07, 6.45) is 3.08. The lowest BCUT2D eigenvalue weighted by atomic mass is 10.1. The van der Waals surface area contributed by atoms with Crippen LogP contribution in [0.15, 0.2) is 41.5 Å². The second kappa shape index (κ2) is 4.61. The summed E-state index contributed by atoms with van der Waals surface area (Å²) in [6, 6.07) is 7.30. The van der Waals surface area contributed by atoms with Gasteiger partial charge in [-0.3, -0.25) is 4.79 Å². The van der Waals surface area contributed by atoms with Gasteiger partial charge in [0.05, 0.1) is 6.61 Å². The van der Waals surface area contributed by atoms with Crippen molar-refractivity contribution in [3.05, 3.63) is 47.0 Å². The number of aromatic nitrogens is 2. The van der Waals surface area contributed by atoms with Gasteiger partial charge in [-0.1, -0.05) is 0 Å². The van der Waals surface area contributed by atoms with Crippen LogP contribution in [0.4, 0.5) is 0 Å². The van der Waals surface area contributed by atoms with Gasteiger partial charge in [-0.25, -0.2) is 4.98 Å². The quantitative estimate of drug-likeness (QED) is 0.851. The minimum atomic E-state index is -0.188. The molecule has 82 valence electrons. The normalized spacial score (nSPS) is 10.1. The molecule has 1 N–H and O–H groups in total. The van der Waals surface area contributed by atoms with Crippen molar-refractivity contribution in [2.75, 3.05) is 6.61 Å². The van der Waals surface area contributed by atoms with Crippen molar-refractivity contribution >= 4 is 0 Å². The third-order valence-corrected chi connectivity index (χ3v) is 2.15. The third kappa shape index (κ3) is 2.11. The molecule has 1 aromatic heterocycles. The van der Waals surface area contributed by atoms with Gasteiger partial charge in [-0.2, -0.15) is 0 Å². The molecule has 0 saturated carbocycles. The average Bonchev–Trinajstić information content (AvgIpc) is 2.31. The Kier molecular flexibility index (Phi) is 3.00. The van der Waals surface area contributed by atoms with Crippen LogP contribution in [-0.2, 0) is 0 Å². The maximum Gasteiger partial charge on any atom is 0.274 e. The van der Waals surface area contributed by atoms with Crippen molar-refractivity contribution in [3.8, 4) is 17.0 Å². The van der Waals surface area contributed by atoms with E-state index in [1.807, 2.05) is 31.2 Å². The molecule has 0 fully saturated rings. The molecular formula is C12H12N2O2. The van der Waals surface area contributed by atoms with Gasteiger partial charge in [0, 0.05) is 18.0 Å². The Balaban J connectivity index is 2.35. The van der Waals surface area contributed by atoms with E-state index in [1.54, 1.807) is 6.20 Å². The van der Waals surface area contributed by atoms with E-state index in [-0.39, 0.29) is 5.56 Å². The molecule has 0 radical (unpaired) electrons. The molecule has 0 aliphatic carbocycles. The van der Waals surface area contributed by atoms with Crippen molar-refractivity contribution in [2.45, 2.75) is 6.92 Å². The second-order valence-electron chi connectivity index (χ2n) is 3.22. The Morgan fingerprint density at radius 2 is 2.06 bits per heavy atom. The molecule has 2 rings (SSSR count). The zero-order chi connectivity index (χ0) is 11.4. The number of rotatable bonds is 3. The molecule has 0 atom stereocenters. The van der Waals surface area contributed by atoms with Crippen molar-refractivity contribution in [3.63, 3.8) is 0 Å². The van der Waals surface area contributed by atoms with E-state index in [4.69, 9.17) is 4.74 Å². The molecule has 2 aromatic rings. The molecule has 1 aromatic carbocycles. The Bertz CT molecular complexity index is 517. The number of aromatic amines is 1. The molecule has 0 aliphatic heterocycles. The first-order chi connectivity index (χ1) is 7.81. The lowest BCUT2D eigenvalue weighted by Crippen LogP contribution is -2.09. The summed E-state index contributed by atoms with van der Waals surface area (Å²) in [5.74, 6) is 0.790. The number of nitrogens with zero attached hydrogens (tertiary/aromatic N) is 1. The monoisotopic (exact) mass is 216 g/mol. The lowest BCUT2D eigenvalue weighted by molar-refractivity contribution is 0.340. The molecule has 1 heterocycles. The van der Waals surface area contributed by atoms with Crippen LogP contribution in [-0.4, -0.2) is 16.6 Å². The van der Waals surface area contributed by atoms with Gasteiger partial charge < -0.3 is 9.72 Å². The summed E-state index contributed by atoms with van der Waals surface area (Å²) in [6.45, 7) is 2.56. The standard InChI is InChI=1S/C12H12N2O2/c1-2-16-10-5-3-9(4-6-10)11-12(15)14-8-7-13-11/h3-8H,2H2,1H3,(H,14,15). The van der Waals surface area contributed by atoms with Gasteiger partial charge >= 0.3 is 0 Å². The molecule has 4 nitrogen and oxygen atoms in total. The summed E-state index contributed by atoms with van der Waals surface area (Å²) >= 11 is 0. The minimum absolute atomic E-state index is 0.188. The number of hydrogen-bond donors (Lipinski definition) is 1. The molecular weight excluding hydrogens is 204 g/mol. The van der Waals surface area contributed by atoms with Gasteiger partial charge in [0.1, 0.15) is 11.4 Å². The van der Waals surface area contributed by atoms with Gasteiger partial charge in [0.2, 0.25) is 0 Å². The van der Waals surface area contributed by atoms with Crippen LogP contribution < -0.4 is 10.3 Å². The van der Waals surface area contributed by atoms with E-state index < -0.39 is 0 Å². The van der Waals surface area contributed by atoms with Crippen molar-refractivity contribution < 1.29 is 4.74 Å². The zero-order valence-electron chi connectivity index (χ0n) is 8.93. The molecule has 0 aliphatic rings. The van der Waals surface area contributed by atoms with Crippen LogP contribution in [0.3, 0.4) is 0 Å².